The average Bonchev–Trinajstić information content (AvgIpc) is 2.53. The van der Waals surface area contributed by atoms with Crippen LogP contribution >= 0.6 is 0 Å². The molecule has 2 atom stereocenters. The van der Waals surface area contributed by atoms with Gasteiger partial charge in [0.2, 0.25) is 0 Å². The van der Waals surface area contributed by atoms with E-state index in [1.54, 1.807) is 0 Å². The highest BCUT2D eigenvalue weighted by Gasteiger charge is 2.32. The van der Waals surface area contributed by atoms with Gasteiger partial charge < -0.3 is 10.1 Å². The first-order chi connectivity index (χ1) is 10.1. The zero-order valence-electron chi connectivity index (χ0n) is 14.7. The molecule has 0 aromatic heterocycles. The van der Waals surface area contributed by atoms with Gasteiger partial charge in [0.15, 0.2) is 0 Å². The summed E-state index contributed by atoms with van der Waals surface area (Å²) in [5.74, 6) is 0.912. The van der Waals surface area contributed by atoms with E-state index in [0.717, 1.165) is 18.4 Å². The van der Waals surface area contributed by atoms with Crippen LogP contribution in [0.3, 0.4) is 0 Å². The minimum absolute atomic E-state index is 0.00347. The topological polar surface area (TPSA) is 24.5 Å². The molecule has 2 aliphatic rings. The molecule has 0 aromatic rings. The molecule has 0 radical (unpaired) electrons. The van der Waals surface area contributed by atoms with Gasteiger partial charge in [-0.1, -0.05) is 26.2 Å². The fraction of sp³-hybridized carbons (Fsp3) is 1.00. The summed E-state index contributed by atoms with van der Waals surface area (Å²) in [6.07, 6.45) is 9.58. The number of piperazine rings is 1. The first-order valence-electron chi connectivity index (χ1n) is 9.08. The Labute approximate surface area is 131 Å². The van der Waals surface area contributed by atoms with E-state index in [0.29, 0.717) is 6.04 Å². The highest BCUT2D eigenvalue weighted by atomic mass is 16.5. The van der Waals surface area contributed by atoms with Crippen molar-refractivity contribution in [3.05, 3.63) is 0 Å². The highest BCUT2D eigenvalue weighted by Crippen LogP contribution is 2.29. The fourth-order valence-corrected chi connectivity index (χ4v) is 3.93. The SMILES string of the molecule is CCC1CNC(C2CCCCC2)CN1CCC(C)(C)OC. The summed E-state index contributed by atoms with van der Waals surface area (Å²) >= 11 is 0. The molecule has 21 heavy (non-hydrogen) atoms. The van der Waals surface area contributed by atoms with Gasteiger partial charge >= 0.3 is 0 Å². The van der Waals surface area contributed by atoms with Gasteiger partial charge in [0.25, 0.3) is 0 Å². The van der Waals surface area contributed by atoms with Crippen LogP contribution in [0.2, 0.25) is 0 Å². The lowest BCUT2D eigenvalue weighted by Gasteiger charge is -2.44. The van der Waals surface area contributed by atoms with Crippen molar-refractivity contribution < 1.29 is 4.74 Å². The van der Waals surface area contributed by atoms with Gasteiger partial charge in [0.1, 0.15) is 0 Å². The summed E-state index contributed by atoms with van der Waals surface area (Å²) in [5, 5.41) is 3.86. The van der Waals surface area contributed by atoms with Crippen LogP contribution in [0.1, 0.15) is 65.7 Å². The Bertz CT molecular complexity index is 300. The number of ether oxygens (including phenoxy) is 1. The summed E-state index contributed by atoms with van der Waals surface area (Å²) in [6.45, 7) is 10.3. The van der Waals surface area contributed by atoms with E-state index < -0.39 is 0 Å². The molecule has 0 amide bonds. The lowest BCUT2D eigenvalue weighted by molar-refractivity contribution is -0.00292. The number of hydrogen-bond acceptors (Lipinski definition) is 3. The molecule has 3 heteroatoms. The van der Waals surface area contributed by atoms with Crippen molar-refractivity contribution in [3.63, 3.8) is 0 Å². The monoisotopic (exact) mass is 296 g/mol. The molecule has 1 heterocycles. The van der Waals surface area contributed by atoms with Crippen molar-refractivity contribution in [1.82, 2.24) is 10.2 Å². The second-order valence-electron chi connectivity index (χ2n) is 7.68. The maximum Gasteiger partial charge on any atom is 0.0634 e. The summed E-state index contributed by atoms with van der Waals surface area (Å²) < 4.78 is 5.60. The lowest BCUT2D eigenvalue weighted by atomic mass is 9.82. The van der Waals surface area contributed by atoms with Gasteiger partial charge in [0, 0.05) is 38.8 Å². The van der Waals surface area contributed by atoms with Gasteiger partial charge in [-0.05, 0) is 45.4 Å². The zero-order valence-corrected chi connectivity index (χ0v) is 14.7. The third-order valence-electron chi connectivity index (χ3n) is 5.81. The van der Waals surface area contributed by atoms with Crippen LogP contribution in [0.25, 0.3) is 0 Å². The Hall–Kier alpha value is -0.120. The minimum Gasteiger partial charge on any atom is -0.379 e. The molecule has 3 nitrogen and oxygen atoms in total. The Balaban J connectivity index is 1.89. The van der Waals surface area contributed by atoms with Crippen molar-refractivity contribution in [2.45, 2.75) is 83.4 Å². The Morgan fingerprint density at radius 3 is 2.52 bits per heavy atom. The Morgan fingerprint density at radius 1 is 1.19 bits per heavy atom. The number of rotatable bonds is 6. The smallest absolute Gasteiger partial charge is 0.0634 e. The normalized spacial score (nSPS) is 29.7. The minimum atomic E-state index is 0.00347. The molecule has 2 fully saturated rings. The molecule has 1 N–H and O–H groups in total. The van der Waals surface area contributed by atoms with Crippen molar-refractivity contribution in [3.8, 4) is 0 Å². The largest absolute Gasteiger partial charge is 0.379 e. The van der Waals surface area contributed by atoms with Crippen LogP contribution in [0, 0.1) is 5.92 Å². The summed E-state index contributed by atoms with van der Waals surface area (Å²) in [7, 11) is 1.83. The number of hydrogen-bond donors (Lipinski definition) is 1. The maximum atomic E-state index is 5.60. The maximum absolute atomic E-state index is 5.60. The number of methoxy groups -OCH3 is 1. The van der Waals surface area contributed by atoms with Crippen molar-refractivity contribution in [2.24, 2.45) is 5.92 Å². The Kier molecular flexibility index (Phi) is 6.51. The van der Waals surface area contributed by atoms with Gasteiger partial charge in [-0.15, -0.1) is 0 Å². The lowest BCUT2D eigenvalue weighted by Crippen LogP contribution is -2.59. The molecular formula is C18H36N2O. The summed E-state index contributed by atoms with van der Waals surface area (Å²) in [5.41, 5.74) is 0.00347. The van der Waals surface area contributed by atoms with Crippen molar-refractivity contribution in [2.75, 3.05) is 26.7 Å². The fourth-order valence-electron chi connectivity index (χ4n) is 3.93. The molecular weight excluding hydrogens is 260 g/mol. The summed E-state index contributed by atoms with van der Waals surface area (Å²) in [4.78, 5) is 2.73. The van der Waals surface area contributed by atoms with Gasteiger partial charge in [0.05, 0.1) is 5.60 Å². The van der Waals surface area contributed by atoms with Crippen LogP contribution in [0.5, 0.6) is 0 Å². The number of nitrogens with one attached hydrogen (secondary N) is 1. The van der Waals surface area contributed by atoms with E-state index in [-0.39, 0.29) is 5.60 Å². The van der Waals surface area contributed by atoms with E-state index in [1.807, 2.05) is 7.11 Å². The second kappa shape index (κ2) is 7.94. The van der Waals surface area contributed by atoms with Crippen molar-refractivity contribution >= 4 is 0 Å². The Morgan fingerprint density at radius 2 is 1.90 bits per heavy atom. The molecule has 1 saturated carbocycles. The standard InChI is InChI=1S/C18H36N2O/c1-5-16-13-19-17(15-9-7-6-8-10-15)14-20(16)12-11-18(2,3)21-4/h15-17,19H,5-14H2,1-4H3. The molecule has 1 saturated heterocycles. The molecule has 0 bridgehead atoms. The van der Waals surface area contributed by atoms with E-state index in [1.165, 1.54) is 58.2 Å². The van der Waals surface area contributed by atoms with E-state index in [9.17, 15) is 0 Å². The van der Waals surface area contributed by atoms with E-state index in [4.69, 9.17) is 4.74 Å². The predicted molar refractivity (Wildman–Crippen MR) is 89.7 cm³/mol. The number of nitrogens with zero attached hydrogens (tertiary/aromatic N) is 1. The van der Waals surface area contributed by atoms with Crippen LogP contribution in [0.15, 0.2) is 0 Å². The van der Waals surface area contributed by atoms with E-state index in [2.05, 4.69) is 31.0 Å². The molecule has 2 rings (SSSR count). The first-order valence-corrected chi connectivity index (χ1v) is 9.08. The van der Waals surface area contributed by atoms with Gasteiger partial charge in [-0.2, -0.15) is 0 Å². The van der Waals surface area contributed by atoms with Crippen LogP contribution in [-0.4, -0.2) is 49.3 Å². The predicted octanol–water partition coefficient (Wildman–Crippen LogP) is 3.43. The van der Waals surface area contributed by atoms with Gasteiger partial charge in [-0.25, -0.2) is 0 Å². The zero-order chi connectivity index (χ0) is 15.3. The molecule has 0 spiro atoms. The van der Waals surface area contributed by atoms with E-state index >= 15 is 0 Å². The second-order valence-corrected chi connectivity index (χ2v) is 7.68. The van der Waals surface area contributed by atoms with Crippen LogP contribution in [0.4, 0.5) is 0 Å². The van der Waals surface area contributed by atoms with Crippen molar-refractivity contribution in [1.29, 1.82) is 0 Å². The van der Waals surface area contributed by atoms with Crippen LogP contribution in [-0.2, 0) is 4.74 Å². The molecule has 1 aliphatic carbocycles. The quantitative estimate of drug-likeness (QED) is 0.812. The van der Waals surface area contributed by atoms with Gasteiger partial charge in [-0.3, -0.25) is 4.90 Å². The summed E-state index contributed by atoms with van der Waals surface area (Å²) in [6, 6.07) is 1.43. The molecule has 0 aromatic carbocycles. The third kappa shape index (κ3) is 4.94. The van der Waals surface area contributed by atoms with Crippen LogP contribution < -0.4 is 5.32 Å². The first kappa shape index (κ1) is 17.2. The average molecular weight is 296 g/mol. The molecule has 124 valence electrons. The molecule has 1 aliphatic heterocycles. The molecule has 2 unspecified atom stereocenters. The third-order valence-corrected chi connectivity index (χ3v) is 5.81. The highest BCUT2D eigenvalue weighted by molar-refractivity contribution is 4.90.